The van der Waals surface area contributed by atoms with Crippen molar-refractivity contribution in [3.8, 4) is 0 Å². The molecule has 4 atom stereocenters. The van der Waals surface area contributed by atoms with Crippen LogP contribution in [0.3, 0.4) is 0 Å². The van der Waals surface area contributed by atoms with Gasteiger partial charge in [-0.05, 0) is 44.9 Å². The first-order chi connectivity index (χ1) is 11.2. The molecule has 0 spiro atoms. The van der Waals surface area contributed by atoms with Gasteiger partial charge in [0.05, 0.1) is 12.1 Å². The lowest BCUT2D eigenvalue weighted by atomic mass is 9.85. The number of amides is 1. The van der Waals surface area contributed by atoms with Crippen molar-refractivity contribution in [1.82, 2.24) is 10.6 Å². The maximum atomic E-state index is 11.8. The topological polar surface area (TPSA) is 50.4 Å². The predicted molar refractivity (Wildman–Crippen MR) is 92.3 cm³/mol. The Balaban J connectivity index is 1.46. The summed E-state index contributed by atoms with van der Waals surface area (Å²) in [5.41, 5.74) is 0. The van der Waals surface area contributed by atoms with Crippen molar-refractivity contribution in [3.63, 3.8) is 0 Å². The van der Waals surface area contributed by atoms with Gasteiger partial charge >= 0.3 is 0 Å². The SMILES string of the molecule is CC(CCC1CCCCC1)NC1CCC(=O)NC1C1CCCO1. The summed E-state index contributed by atoms with van der Waals surface area (Å²) in [5, 5.41) is 7.00. The standard InChI is InChI=1S/C19H34N2O2/c1-14(9-10-15-6-3-2-4-7-15)20-16-11-12-18(22)21-19(16)17-8-5-13-23-17/h14-17,19-20H,2-13H2,1H3,(H,21,22). The second kappa shape index (κ2) is 8.48. The number of nitrogens with one attached hydrogen (secondary N) is 2. The van der Waals surface area contributed by atoms with Gasteiger partial charge in [0.1, 0.15) is 0 Å². The van der Waals surface area contributed by atoms with E-state index in [9.17, 15) is 4.79 Å². The molecule has 1 saturated carbocycles. The van der Waals surface area contributed by atoms with Crippen LogP contribution in [0.15, 0.2) is 0 Å². The first-order valence-electron chi connectivity index (χ1n) is 9.89. The summed E-state index contributed by atoms with van der Waals surface area (Å²) in [6.07, 6.45) is 13.8. The molecule has 3 aliphatic rings. The van der Waals surface area contributed by atoms with Gasteiger partial charge in [-0.25, -0.2) is 0 Å². The molecule has 0 radical (unpaired) electrons. The summed E-state index contributed by atoms with van der Waals surface area (Å²) in [7, 11) is 0. The fraction of sp³-hybridized carbons (Fsp3) is 0.947. The minimum Gasteiger partial charge on any atom is -0.376 e. The van der Waals surface area contributed by atoms with E-state index >= 15 is 0 Å². The Labute approximate surface area is 141 Å². The fourth-order valence-electron chi connectivity index (χ4n) is 4.66. The molecule has 0 aromatic heterocycles. The van der Waals surface area contributed by atoms with Crippen LogP contribution >= 0.6 is 0 Å². The molecule has 3 rings (SSSR count). The number of carbonyl (C=O) groups excluding carboxylic acids is 1. The molecule has 3 fully saturated rings. The summed E-state index contributed by atoms with van der Waals surface area (Å²) in [6.45, 7) is 3.16. The number of piperidine rings is 1. The molecular weight excluding hydrogens is 288 g/mol. The maximum Gasteiger partial charge on any atom is 0.220 e. The van der Waals surface area contributed by atoms with Gasteiger partial charge in [0, 0.05) is 25.1 Å². The monoisotopic (exact) mass is 322 g/mol. The summed E-state index contributed by atoms with van der Waals surface area (Å²) in [5.74, 6) is 1.14. The molecule has 132 valence electrons. The van der Waals surface area contributed by atoms with E-state index in [1.807, 2.05) is 0 Å². The molecule has 23 heavy (non-hydrogen) atoms. The Morgan fingerprint density at radius 2 is 2.00 bits per heavy atom. The molecule has 2 heterocycles. The largest absolute Gasteiger partial charge is 0.376 e. The van der Waals surface area contributed by atoms with Gasteiger partial charge in [0.15, 0.2) is 0 Å². The average molecular weight is 322 g/mol. The number of ether oxygens (including phenoxy) is 1. The Morgan fingerprint density at radius 1 is 1.17 bits per heavy atom. The summed E-state index contributed by atoms with van der Waals surface area (Å²) >= 11 is 0. The highest BCUT2D eigenvalue weighted by Crippen LogP contribution is 2.28. The number of hydrogen-bond acceptors (Lipinski definition) is 3. The van der Waals surface area contributed by atoms with E-state index in [0.717, 1.165) is 31.8 Å². The average Bonchev–Trinajstić information content (AvgIpc) is 3.10. The third-order valence-corrected chi connectivity index (χ3v) is 6.04. The van der Waals surface area contributed by atoms with Crippen molar-refractivity contribution < 1.29 is 9.53 Å². The molecule has 0 aromatic carbocycles. The van der Waals surface area contributed by atoms with Crippen LogP contribution in [-0.2, 0) is 9.53 Å². The summed E-state index contributed by atoms with van der Waals surface area (Å²) in [4.78, 5) is 11.8. The zero-order valence-corrected chi connectivity index (χ0v) is 14.7. The van der Waals surface area contributed by atoms with Crippen LogP contribution < -0.4 is 10.6 Å². The zero-order valence-electron chi connectivity index (χ0n) is 14.7. The van der Waals surface area contributed by atoms with Gasteiger partial charge in [0.25, 0.3) is 0 Å². The van der Waals surface area contributed by atoms with Crippen LogP contribution in [0.1, 0.15) is 77.6 Å². The molecule has 0 bridgehead atoms. The van der Waals surface area contributed by atoms with Gasteiger partial charge in [-0.2, -0.15) is 0 Å². The maximum absolute atomic E-state index is 11.8. The normalized spacial score (nSPS) is 34.3. The Bertz CT molecular complexity index is 376. The van der Waals surface area contributed by atoms with Gasteiger partial charge in [-0.3, -0.25) is 4.79 Å². The fourth-order valence-corrected chi connectivity index (χ4v) is 4.66. The second-order valence-electron chi connectivity index (χ2n) is 7.94. The smallest absolute Gasteiger partial charge is 0.220 e. The van der Waals surface area contributed by atoms with E-state index in [-0.39, 0.29) is 18.1 Å². The van der Waals surface area contributed by atoms with Crippen LogP contribution in [0.4, 0.5) is 0 Å². The van der Waals surface area contributed by atoms with E-state index < -0.39 is 0 Å². The molecule has 2 saturated heterocycles. The Hall–Kier alpha value is -0.610. The van der Waals surface area contributed by atoms with Gasteiger partial charge in [-0.1, -0.05) is 32.1 Å². The zero-order chi connectivity index (χ0) is 16.1. The third kappa shape index (κ3) is 4.93. The van der Waals surface area contributed by atoms with Gasteiger partial charge in [-0.15, -0.1) is 0 Å². The van der Waals surface area contributed by atoms with Crippen molar-refractivity contribution in [2.24, 2.45) is 5.92 Å². The van der Waals surface area contributed by atoms with Crippen LogP contribution in [0.25, 0.3) is 0 Å². The minimum atomic E-state index is 0.163. The molecule has 1 amide bonds. The lowest BCUT2D eigenvalue weighted by Crippen LogP contribution is -2.60. The van der Waals surface area contributed by atoms with Crippen LogP contribution in [0.2, 0.25) is 0 Å². The first-order valence-corrected chi connectivity index (χ1v) is 9.89. The molecule has 2 aliphatic heterocycles. The number of hydrogen-bond donors (Lipinski definition) is 2. The van der Waals surface area contributed by atoms with E-state index in [4.69, 9.17) is 4.74 Å². The lowest BCUT2D eigenvalue weighted by molar-refractivity contribution is -0.125. The quantitative estimate of drug-likeness (QED) is 0.790. The van der Waals surface area contributed by atoms with Crippen molar-refractivity contribution in [2.45, 2.75) is 102 Å². The molecule has 1 aliphatic carbocycles. The minimum absolute atomic E-state index is 0.163. The van der Waals surface area contributed by atoms with Crippen molar-refractivity contribution in [1.29, 1.82) is 0 Å². The molecule has 4 unspecified atom stereocenters. The summed E-state index contributed by atoms with van der Waals surface area (Å²) < 4.78 is 5.85. The molecule has 2 N–H and O–H groups in total. The van der Waals surface area contributed by atoms with E-state index in [0.29, 0.717) is 18.5 Å². The van der Waals surface area contributed by atoms with Gasteiger partial charge in [0.2, 0.25) is 5.91 Å². The second-order valence-corrected chi connectivity index (χ2v) is 7.94. The molecule has 4 heteroatoms. The van der Waals surface area contributed by atoms with Crippen molar-refractivity contribution >= 4 is 5.91 Å². The van der Waals surface area contributed by atoms with Crippen LogP contribution in [0, 0.1) is 5.92 Å². The van der Waals surface area contributed by atoms with E-state index in [2.05, 4.69) is 17.6 Å². The summed E-state index contributed by atoms with van der Waals surface area (Å²) in [6, 6.07) is 1.06. The molecular formula is C19H34N2O2. The predicted octanol–water partition coefficient (Wildman–Crippen LogP) is 3.15. The number of carbonyl (C=O) groups is 1. The first kappa shape index (κ1) is 17.2. The third-order valence-electron chi connectivity index (χ3n) is 6.04. The molecule has 0 aromatic rings. The number of rotatable bonds is 6. The highest BCUT2D eigenvalue weighted by Gasteiger charge is 2.37. The van der Waals surface area contributed by atoms with Crippen LogP contribution in [0.5, 0.6) is 0 Å². The highest BCUT2D eigenvalue weighted by molar-refractivity contribution is 5.77. The van der Waals surface area contributed by atoms with E-state index in [1.54, 1.807) is 0 Å². The Kier molecular flexibility index (Phi) is 6.35. The van der Waals surface area contributed by atoms with E-state index in [1.165, 1.54) is 44.9 Å². The molecule has 4 nitrogen and oxygen atoms in total. The van der Waals surface area contributed by atoms with Crippen LogP contribution in [-0.4, -0.2) is 36.7 Å². The highest BCUT2D eigenvalue weighted by atomic mass is 16.5. The lowest BCUT2D eigenvalue weighted by Gasteiger charge is -2.38. The van der Waals surface area contributed by atoms with Gasteiger partial charge < -0.3 is 15.4 Å². The Morgan fingerprint density at radius 3 is 2.74 bits per heavy atom. The van der Waals surface area contributed by atoms with Crippen molar-refractivity contribution in [3.05, 3.63) is 0 Å². The van der Waals surface area contributed by atoms with Crippen molar-refractivity contribution in [2.75, 3.05) is 6.61 Å².